The van der Waals surface area contributed by atoms with Gasteiger partial charge in [-0.05, 0) is 17.9 Å². The van der Waals surface area contributed by atoms with Crippen LogP contribution in [0.5, 0.6) is 0 Å². The molecule has 1 aliphatic heterocycles. The molecule has 1 saturated heterocycles. The first-order chi connectivity index (χ1) is 11.4. The molecule has 0 saturated carbocycles. The van der Waals surface area contributed by atoms with Gasteiger partial charge in [0.15, 0.2) is 0 Å². The fourth-order valence-corrected chi connectivity index (χ4v) is 6.24. The van der Waals surface area contributed by atoms with Crippen molar-refractivity contribution in [2.24, 2.45) is 0 Å². The van der Waals surface area contributed by atoms with Crippen molar-refractivity contribution >= 4 is 45.0 Å². The molecule has 2 N–H and O–H groups in total. The standard InChI is InChI=1S/C14H20N2O5S3/c1-2-3-10(14(18)19)15-13(17)12-11(4-7-23-12)24(20,21)16-5-8-22-9-6-16/h4,7,10H,2-3,5-6,8-9H2,1H3,(H,15,17)(H,18,19). The number of carboxylic acids is 1. The van der Waals surface area contributed by atoms with Gasteiger partial charge >= 0.3 is 5.97 Å². The van der Waals surface area contributed by atoms with E-state index in [9.17, 15) is 18.0 Å². The number of nitrogens with one attached hydrogen (secondary N) is 1. The van der Waals surface area contributed by atoms with Crippen molar-refractivity contribution < 1.29 is 23.1 Å². The second-order valence-corrected chi connectivity index (χ2v) is 9.33. The predicted octanol–water partition coefficient (Wildman–Crippen LogP) is 1.47. The Labute approximate surface area is 149 Å². The van der Waals surface area contributed by atoms with Gasteiger partial charge in [0.05, 0.1) is 0 Å². The van der Waals surface area contributed by atoms with Gasteiger partial charge in [0.25, 0.3) is 5.91 Å². The Bertz CT molecular complexity index is 695. The van der Waals surface area contributed by atoms with Crippen molar-refractivity contribution in [2.45, 2.75) is 30.7 Å². The van der Waals surface area contributed by atoms with Crippen LogP contribution >= 0.6 is 23.1 Å². The number of hydrogen-bond donors (Lipinski definition) is 2. The van der Waals surface area contributed by atoms with Gasteiger partial charge in [-0.2, -0.15) is 16.1 Å². The van der Waals surface area contributed by atoms with Crippen LogP contribution in [0.3, 0.4) is 0 Å². The molecule has 0 aliphatic carbocycles. The molecule has 10 heteroatoms. The summed E-state index contributed by atoms with van der Waals surface area (Å²) in [7, 11) is -3.74. The summed E-state index contributed by atoms with van der Waals surface area (Å²) in [5.74, 6) is -0.333. The molecule has 1 aromatic rings. The quantitative estimate of drug-likeness (QED) is 0.728. The lowest BCUT2D eigenvalue weighted by atomic mass is 10.1. The first-order valence-corrected chi connectivity index (χ1v) is 11.0. The second-order valence-electron chi connectivity index (χ2n) is 5.28. The number of amides is 1. The summed E-state index contributed by atoms with van der Waals surface area (Å²) in [6.07, 6.45) is 0.885. The second kappa shape index (κ2) is 8.32. The van der Waals surface area contributed by atoms with Gasteiger partial charge < -0.3 is 10.4 Å². The Hall–Kier alpha value is -1.10. The molecule has 1 unspecified atom stereocenters. The van der Waals surface area contributed by atoms with Crippen LogP contribution < -0.4 is 5.32 Å². The molecule has 1 aromatic heterocycles. The number of thioether (sulfide) groups is 1. The molecule has 0 spiro atoms. The van der Waals surface area contributed by atoms with E-state index >= 15 is 0 Å². The van der Waals surface area contributed by atoms with Gasteiger partial charge in [-0.3, -0.25) is 4.79 Å². The molecule has 1 aliphatic rings. The minimum Gasteiger partial charge on any atom is -0.480 e. The lowest BCUT2D eigenvalue weighted by molar-refractivity contribution is -0.139. The summed E-state index contributed by atoms with van der Waals surface area (Å²) in [5.41, 5.74) is 0. The van der Waals surface area contributed by atoms with Crippen molar-refractivity contribution in [1.82, 2.24) is 9.62 Å². The van der Waals surface area contributed by atoms with Crippen LogP contribution in [0.1, 0.15) is 29.4 Å². The lowest BCUT2D eigenvalue weighted by Gasteiger charge is -2.25. The molecule has 134 valence electrons. The van der Waals surface area contributed by atoms with Crippen LogP contribution in [0.2, 0.25) is 0 Å². The van der Waals surface area contributed by atoms with E-state index in [0.29, 0.717) is 19.5 Å². The first kappa shape index (κ1) is 19.2. The van der Waals surface area contributed by atoms with Crippen LogP contribution in [-0.2, 0) is 14.8 Å². The van der Waals surface area contributed by atoms with Gasteiger partial charge in [-0.25, -0.2) is 13.2 Å². The van der Waals surface area contributed by atoms with Gasteiger partial charge in [-0.15, -0.1) is 11.3 Å². The lowest BCUT2D eigenvalue weighted by Crippen LogP contribution is -2.42. The summed E-state index contributed by atoms with van der Waals surface area (Å²) in [6.45, 7) is 2.65. The van der Waals surface area contributed by atoms with Gasteiger partial charge in [0, 0.05) is 24.6 Å². The number of carboxylic acid groups (broad SMARTS) is 1. The SMILES string of the molecule is CCCC(NC(=O)c1sccc1S(=O)(=O)N1CCSCC1)C(=O)O. The highest BCUT2D eigenvalue weighted by atomic mass is 32.2. The minimum atomic E-state index is -3.74. The summed E-state index contributed by atoms with van der Waals surface area (Å²) in [4.78, 5) is 23.6. The maximum Gasteiger partial charge on any atom is 0.326 e. The summed E-state index contributed by atoms with van der Waals surface area (Å²) < 4.78 is 26.9. The van der Waals surface area contributed by atoms with Crippen LogP contribution in [-0.4, -0.2) is 60.3 Å². The van der Waals surface area contributed by atoms with Gasteiger partial charge in [0.1, 0.15) is 15.8 Å². The van der Waals surface area contributed by atoms with Crippen LogP contribution in [0.4, 0.5) is 0 Å². The van der Waals surface area contributed by atoms with E-state index in [-0.39, 0.29) is 16.2 Å². The summed E-state index contributed by atoms with van der Waals surface area (Å²) in [5, 5.41) is 13.1. The molecule has 0 bridgehead atoms. The van der Waals surface area contributed by atoms with Crippen LogP contribution in [0.25, 0.3) is 0 Å². The highest BCUT2D eigenvalue weighted by Crippen LogP contribution is 2.27. The zero-order valence-electron chi connectivity index (χ0n) is 13.2. The summed E-state index contributed by atoms with van der Waals surface area (Å²) >= 11 is 2.70. The van der Waals surface area contributed by atoms with E-state index in [1.54, 1.807) is 11.8 Å². The molecule has 0 radical (unpaired) electrons. The number of nitrogens with zero attached hydrogens (tertiary/aromatic N) is 1. The fraction of sp³-hybridized carbons (Fsp3) is 0.571. The zero-order chi connectivity index (χ0) is 17.7. The van der Waals surface area contributed by atoms with Crippen molar-refractivity contribution in [3.8, 4) is 0 Å². The Morgan fingerprint density at radius 2 is 2.04 bits per heavy atom. The Balaban J connectivity index is 2.22. The highest BCUT2D eigenvalue weighted by Gasteiger charge is 2.32. The molecule has 1 atom stereocenters. The third kappa shape index (κ3) is 4.29. The van der Waals surface area contributed by atoms with E-state index in [1.165, 1.54) is 15.8 Å². The van der Waals surface area contributed by atoms with Crippen molar-refractivity contribution in [2.75, 3.05) is 24.6 Å². The van der Waals surface area contributed by atoms with E-state index in [2.05, 4.69) is 5.32 Å². The third-order valence-electron chi connectivity index (χ3n) is 3.60. The highest BCUT2D eigenvalue weighted by molar-refractivity contribution is 7.99. The molecular weight excluding hydrogens is 372 g/mol. The minimum absolute atomic E-state index is 0.0376. The molecule has 2 heterocycles. The third-order valence-corrected chi connectivity index (χ3v) is 7.53. The largest absolute Gasteiger partial charge is 0.480 e. The molecule has 1 amide bonds. The number of carbonyl (C=O) groups excluding carboxylic acids is 1. The number of hydrogen-bond acceptors (Lipinski definition) is 6. The van der Waals surface area contributed by atoms with E-state index < -0.39 is 27.9 Å². The summed E-state index contributed by atoms with van der Waals surface area (Å²) in [6, 6.07) is 0.387. The Morgan fingerprint density at radius 3 is 2.62 bits per heavy atom. The topological polar surface area (TPSA) is 104 Å². The first-order valence-electron chi connectivity index (χ1n) is 7.57. The maximum absolute atomic E-state index is 12.7. The Kier molecular flexibility index (Phi) is 6.67. The maximum atomic E-state index is 12.7. The smallest absolute Gasteiger partial charge is 0.326 e. The number of rotatable bonds is 7. The van der Waals surface area contributed by atoms with Crippen LogP contribution in [0.15, 0.2) is 16.3 Å². The molecule has 1 fully saturated rings. The monoisotopic (exact) mass is 392 g/mol. The average Bonchev–Trinajstić information content (AvgIpc) is 3.05. The number of sulfonamides is 1. The number of aliphatic carboxylic acids is 1. The molecule has 2 rings (SSSR count). The van der Waals surface area contributed by atoms with E-state index in [4.69, 9.17) is 5.11 Å². The fourth-order valence-electron chi connectivity index (χ4n) is 2.36. The van der Waals surface area contributed by atoms with E-state index in [0.717, 1.165) is 22.8 Å². The molecule has 7 nitrogen and oxygen atoms in total. The van der Waals surface area contributed by atoms with Gasteiger partial charge in [0.2, 0.25) is 10.0 Å². The number of thiophene rings is 1. The Morgan fingerprint density at radius 1 is 1.38 bits per heavy atom. The number of carbonyl (C=O) groups is 2. The van der Waals surface area contributed by atoms with Crippen LogP contribution in [0, 0.1) is 0 Å². The van der Waals surface area contributed by atoms with E-state index in [1.807, 2.05) is 6.92 Å². The normalized spacial score (nSPS) is 17.4. The average molecular weight is 393 g/mol. The molecule has 0 aromatic carbocycles. The molecule has 24 heavy (non-hydrogen) atoms. The predicted molar refractivity (Wildman–Crippen MR) is 94.2 cm³/mol. The van der Waals surface area contributed by atoms with Crippen molar-refractivity contribution in [1.29, 1.82) is 0 Å². The van der Waals surface area contributed by atoms with Crippen molar-refractivity contribution in [3.63, 3.8) is 0 Å². The zero-order valence-corrected chi connectivity index (χ0v) is 15.7. The van der Waals surface area contributed by atoms with Gasteiger partial charge in [-0.1, -0.05) is 13.3 Å². The molecular formula is C14H20N2O5S3. The van der Waals surface area contributed by atoms with Crippen molar-refractivity contribution in [3.05, 3.63) is 16.3 Å².